The van der Waals surface area contributed by atoms with E-state index in [-0.39, 0.29) is 5.78 Å². The van der Waals surface area contributed by atoms with E-state index >= 15 is 0 Å². The highest BCUT2D eigenvalue weighted by molar-refractivity contribution is 6.76. The Labute approximate surface area is 75.9 Å². The van der Waals surface area contributed by atoms with Crippen LogP contribution in [-0.2, 0) is 4.79 Å². The Kier molecular flexibility index (Phi) is 4.24. The molecule has 0 fully saturated rings. The third-order valence-corrected chi connectivity index (χ3v) is 3.26. The second-order valence-corrected chi connectivity index (χ2v) is 10.0. The SMILES string of the molecule is C/C(N)=C/C(=O)CC[Si](C)(C)C. The van der Waals surface area contributed by atoms with Gasteiger partial charge in [0.15, 0.2) is 5.78 Å². The van der Waals surface area contributed by atoms with E-state index in [2.05, 4.69) is 19.6 Å². The van der Waals surface area contributed by atoms with Crippen molar-refractivity contribution in [3.05, 3.63) is 11.8 Å². The molecule has 0 aliphatic rings. The molecule has 0 radical (unpaired) electrons. The van der Waals surface area contributed by atoms with E-state index in [0.717, 1.165) is 6.04 Å². The molecule has 0 aromatic rings. The zero-order valence-corrected chi connectivity index (χ0v) is 9.48. The van der Waals surface area contributed by atoms with Crippen molar-refractivity contribution in [3.8, 4) is 0 Å². The van der Waals surface area contributed by atoms with Crippen LogP contribution in [0.15, 0.2) is 11.8 Å². The number of allylic oxidation sites excluding steroid dienone is 2. The Balaban J connectivity index is 3.81. The fraction of sp³-hybridized carbons (Fsp3) is 0.667. The molecule has 0 bridgehead atoms. The van der Waals surface area contributed by atoms with Gasteiger partial charge in [-0.2, -0.15) is 0 Å². The minimum absolute atomic E-state index is 0.164. The highest BCUT2D eigenvalue weighted by Gasteiger charge is 2.13. The summed E-state index contributed by atoms with van der Waals surface area (Å²) in [5.74, 6) is 0.164. The summed E-state index contributed by atoms with van der Waals surface area (Å²) in [6, 6.07) is 1.05. The van der Waals surface area contributed by atoms with Crippen molar-refractivity contribution in [1.29, 1.82) is 0 Å². The fourth-order valence-corrected chi connectivity index (χ4v) is 1.82. The van der Waals surface area contributed by atoms with Crippen LogP contribution in [0.2, 0.25) is 25.7 Å². The summed E-state index contributed by atoms with van der Waals surface area (Å²) in [5, 5.41) is 0. The quantitative estimate of drug-likeness (QED) is 0.538. The van der Waals surface area contributed by atoms with Crippen molar-refractivity contribution in [3.63, 3.8) is 0 Å². The van der Waals surface area contributed by atoms with Gasteiger partial charge in [0.05, 0.1) is 0 Å². The van der Waals surface area contributed by atoms with Crippen molar-refractivity contribution in [1.82, 2.24) is 0 Å². The van der Waals surface area contributed by atoms with Crippen LogP contribution in [0.1, 0.15) is 13.3 Å². The first-order valence-electron chi connectivity index (χ1n) is 4.28. The largest absolute Gasteiger partial charge is 0.402 e. The lowest BCUT2D eigenvalue weighted by Crippen LogP contribution is -2.20. The highest BCUT2D eigenvalue weighted by Crippen LogP contribution is 2.11. The summed E-state index contributed by atoms with van der Waals surface area (Å²) in [6.07, 6.45) is 2.18. The Bertz CT molecular complexity index is 187. The topological polar surface area (TPSA) is 43.1 Å². The van der Waals surface area contributed by atoms with E-state index in [1.165, 1.54) is 6.08 Å². The Morgan fingerprint density at radius 3 is 2.25 bits per heavy atom. The molecule has 0 aliphatic heterocycles. The zero-order valence-electron chi connectivity index (χ0n) is 8.48. The van der Waals surface area contributed by atoms with Crippen molar-refractivity contribution in [2.45, 2.75) is 39.0 Å². The van der Waals surface area contributed by atoms with Crippen LogP contribution < -0.4 is 5.73 Å². The van der Waals surface area contributed by atoms with Crippen LogP contribution in [0.25, 0.3) is 0 Å². The van der Waals surface area contributed by atoms with Gasteiger partial charge in [-0.15, -0.1) is 0 Å². The number of ketones is 1. The predicted molar refractivity (Wildman–Crippen MR) is 55.7 cm³/mol. The Morgan fingerprint density at radius 1 is 1.42 bits per heavy atom. The van der Waals surface area contributed by atoms with Gasteiger partial charge in [-0.3, -0.25) is 4.79 Å². The second kappa shape index (κ2) is 4.45. The molecule has 0 saturated heterocycles. The number of hydrogen-bond donors (Lipinski definition) is 1. The molecule has 0 saturated carbocycles. The maximum Gasteiger partial charge on any atom is 0.157 e. The van der Waals surface area contributed by atoms with E-state index in [9.17, 15) is 4.79 Å². The van der Waals surface area contributed by atoms with Crippen LogP contribution >= 0.6 is 0 Å². The predicted octanol–water partition coefficient (Wildman–Crippen LogP) is 2.15. The van der Waals surface area contributed by atoms with E-state index in [4.69, 9.17) is 5.73 Å². The van der Waals surface area contributed by atoms with E-state index < -0.39 is 8.07 Å². The summed E-state index contributed by atoms with van der Waals surface area (Å²) < 4.78 is 0. The third-order valence-electron chi connectivity index (χ3n) is 1.51. The van der Waals surface area contributed by atoms with Crippen LogP contribution in [-0.4, -0.2) is 13.9 Å². The first-order chi connectivity index (χ1) is 5.31. The molecule has 70 valence electrons. The average molecular weight is 185 g/mol. The molecule has 3 heteroatoms. The molecule has 2 nitrogen and oxygen atoms in total. The van der Waals surface area contributed by atoms with Crippen LogP contribution in [0.3, 0.4) is 0 Å². The summed E-state index contributed by atoms with van der Waals surface area (Å²) in [4.78, 5) is 11.2. The smallest absolute Gasteiger partial charge is 0.157 e. The van der Waals surface area contributed by atoms with Gasteiger partial charge in [0.2, 0.25) is 0 Å². The molecule has 12 heavy (non-hydrogen) atoms. The molecule has 0 rings (SSSR count). The molecule has 0 spiro atoms. The number of rotatable bonds is 4. The lowest BCUT2D eigenvalue weighted by atomic mass is 10.3. The van der Waals surface area contributed by atoms with E-state index in [1.54, 1.807) is 6.92 Å². The second-order valence-electron chi connectivity index (χ2n) is 4.42. The standard InChI is InChI=1S/C9H19NOSi/c1-8(10)7-9(11)5-6-12(2,3)4/h7H,5-6,10H2,1-4H3/b8-7-. The van der Waals surface area contributed by atoms with E-state index in [0.29, 0.717) is 12.1 Å². The first-order valence-corrected chi connectivity index (χ1v) is 7.98. The average Bonchev–Trinajstić information content (AvgIpc) is 1.80. The molecule has 0 amide bonds. The van der Waals surface area contributed by atoms with Gasteiger partial charge in [0.1, 0.15) is 0 Å². The van der Waals surface area contributed by atoms with Gasteiger partial charge in [0, 0.05) is 20.2 Å². The third kappa shape index (κ3) is 7.53. The van der Waals surface area contributed by atoms with Gasteiger partial charge in [-0.1, -0.05) is 25.7 Å². The summed E-state index contributed by atoms with van der Waals surface area (Å²) >= 11 is 0. The molecule has 0 atom stereocenters. The maximum absolute atomic E-state index is 11.2. The summed E-state index contributed by atoms with van der Waals surface area (Å²) in [6.45, 7) is 8.53. The number of nitrogens with two attached hydrogens (primary N) is 1. The first kappa shape index (κ1) is 11.4. The normalized spacial score (nSPS) is 13.2. The lowest BCUT2D eigenvalue weighted by Gasteiger charge is -2.13. The molecular formula is C9H19NOSi. The van der Waals surface area contributed by atoms with Crippen molar-refractivity contribution < 1.29 is 4.79 Å². The highest BCUT2D eigenvalue weighted by atomic mass is 28.3. The van der Waals surface area contributed by atoms with Gasteiger partial charge >= 0.3 is 0 Å². The fourth-order valence-electron chi connectivity index (χ4n) is 0.824. The van der Waals surface area contributed by atoms with Gasteiger partial charge < -0.3 is 5.73 Å². The van der Waals surface area contributed by atoms with Crippen molar-refractivity contribution in [2.24, 2.45) is 5.73 Å². The lowest BCUT2D eigenvalue weighted by molar-refractivity contribution is -0.114. The molecular weight excluding hydrogens is 166 g/mol. The maximum atomic E-state index is 11.2. The van der Waals surface area contributed by atoms with Crippen molar-refractivity contribution >= 4 is 13.9 Å². The monoisotopic (exact) mass is 185 g/mol. The molecule has 0 aromatic carbocycles. The molecule has 0 heterocycles. The van der Waals surface area contributed by atoms with Crippen LogP contribution in [0.4, 0.5) is 0 Å². The van der Waals surface area contributed by atoms with Crippen LogP contribution in [0.5, 0.6) is 0 Å². The van der Waals surface area contributed by atoms with Gasteiger partial charge in [-0.25, -0.2) is 0 Å². The Morgan fingerprint density at radius 2 is 1.92 bits per heavy atom. The van der Waals surface area contributed by atoms with Gasteiger partial charge in [0.25, 0.3) is 0 Å². The molecule has 2 N–H and O–H groups in total. The summed E-state index contributed by atoms with van der Waals surface area (Å²) in [7, 11) is -1.06. The Hall–Kier alpha value is -0.573. The minimum atomic E-state index is -1.06. The molecule has 0 unspecified atom stereocenters. The van der Waals surface area contributed by atoms with E-state index in [1.807, 2.05) is 0 Å². The molecule has 0 aromatic heterocycles. The number of hydrogen-bond acceptors (Lipinski definition) is 2. The number of carbonyl (C=O) groups is 1. The summed E-state index contributed by atoms with van der Waals surface area (Å²) in [5.41, 5.74) is 5.99. The van der Waals surface area contributed by atoms with Gasteiger partial charge in [-0.05, 0) is 13.0 Å². The van der Waals surface area contributed by atoms with Crippen LogP contribution in [0, 0.1) is 0 Å². The van der Waals surface area contributed by atoms with Crippen molar-refractivity contribution in [2.75, 3.05) is 0 Å². The number of carbonyl (C=O) groups excluding carboxylic acids is 1. The molecule has 0 aliphatic carbocycles. The zero-order chi connectivity index (χ0) is 9.78. The minimum Gasteiger partial charge on any atom is -0.402 e.